The smallest absolute Gasteiger partial charge is 0.144 e. The molecule has 3 nitrogen and oxygen atoms in total. The lowest BCUT2D eigenvalue weighted by molar-refractivity contribution is -0.151. The van der Waals surface area contributed by atoms with Gasteiger partial charge in [0.2, 0.25) is 0 Å². The summed E-state index contributed by atoms with van der Waals surface area (Å²) >= 11 is 0. The maximum absolute atomic E-state index is 12.0. The molecule has 14 heavy (non-hydrogen) atoms. The minimum absolute atomic E-state index is 0.0870. The average Bonchev–Trinajstić information content (AvgIpc) is 2.18. The topological polar surface area (TPSA) is 35.5 Å². The molecule has 0 spiro atoms. The van der Waals surface area contributed by atoms with Gasteiger partial charge in [-0.15, -0.1) is 0 Å². The molecule has 0 aromatic heterocycles. The van der Waals surface area contributed by atoms with Gasteiger partial charge < -0.3 is 9.47 Å². The molecule has 0 saturated heterocycles. The van der Waals surface area contributed by atoms with Crippen LogP contribution in [0, 0.1) is 11.8 Å². The molecule has 80 valence electrons. The van der Waals surface area contributed by atoms with Crippen LogP contribution in [0.4, 0.5) is 0 Å². The predicted octanol–water partition coefficient (Wildman–Crippen LogP) is 1.41. The van der Waals surface area contributed by atoms with Crippen molar-refractivity contribution in [1.29, 1.82) is 0 Å². The molecular formula is C11H18O3. The van der Waals surface area contributed by atoms with Gasteiger partial charge in [0.05, 0.1) is 12.2 Å². The van der Waals surface area contributed by atoms with Crippen LogP contribution in [0.1, 0.15) is 25.7 Å². The maximum atomic E-state index is 12.0. The van der Waals surface area contributed by atoms with Crippen LogP contribution in [0.3, 0.4) is 0 Å². The number of rotatable bonds is 2. The molecule has 4 atom stereocenters. The zero-order valence-corrected chi connectivity index (χ0v) is 8.86. The summed E-state index contributed by atoms with van der Waals surface area (Å²) in [7, 11) is 3.39. The maximum Gasteiger partial charge on any atom is 0.144 e. The van der Waals surface area contributed by atoms with E-state index < -0.39 is 0 Å². The number of Topliss-reactive ketones (excluding diaryl/α,β-unsaturated/α-hetero) is 1. The number of ether oxygens (including phenoxy) is 2. The molecule has 0 N–H and O–H groups in total. The number of carbonyl (C=O) groups is 1. The summed E-state index contributed by atoms with van der Waals surface area (Å²) in [4.78, 5) is 12.0. The summed E-state index contributed by atoms with van der Waals surface area (Å²) in [6.07, 6.45) is 4.21. The molecule has 0 aromatic carbocycles. The van der Waals surface area contributed by atoms with Gasteiger partial charge in [-0.05, 0) is 12.8 Å². The molecule has 2 aliphatic carbocycles. The predicted molar refractivity (Wildman–Crippen MR) is 52.0 cm³/mol. The summed E-state index contributed by atoms with van der Waals surface area (Å²) in [5.74, 6) is 0.663. The van der Waals surface area contributed by atoms with Crippen molar-refractivity contribution in [2.24, 2.45) is 11.8 Å². The Labute approximate surface area is 84.8 Å². The van der Waals surface area contributed by atoms with E-state index in [0.717, 1.165) is 25.7 Å². The van der Waals surface area contributed by atoms with Gasteiger partial charge in [-0.25, -0.2) is 0 Å². The Kier molecular flexibility index (Phi) is 2.88. The molecule has 2 bridgehead atoms. The second-order valence-corrected chi connectivity index (χ2v) is 4.33. The van der Waals surface area contributed by atoms with Gasteiger partial charge in [-0.1, -0.05) is 6.42 Å². The van der Waals surface area contributed by atoms with Gasteiger partial charge in [0.25, 0.3) is 0 Å². The Morgan fingerprint density at radius 2 is 1.57 bits per heavy atom. The molecule has 2 rings (SSSR count). The van der Waals surface area contributed by atoms with Crippen LogP contribution in [-0.2, 0) is 14.3 Å². The lowest BCUT2D eigenvalue weighted by atomic mass is 9.68. The van der Waals surface area contributed by atoms with E-state index in [1.54, 1.807) is 14.2 Å². The van der Waals surface area contributed by atoms with Gasteiger partial charge in [-0.3, -0.25) is 4.79 Å². The van der Waals surface area contributed by atoms with Crippen molar-refractivity contribution >= 4 is 5.78 Å². The summed E-state index contributed by atoms with van der Waals surface area (Å²) < 4.78 is 10.8. The first-order chi connectivity index (χ1) is 6.77. The average molecular weight is 198 g/mol. The number of fused-ring (bicyclic) bond motifs is 2. The highest BCUT2D eigenvalue weighted by Crippen LogP contribution is 2.39. The van der Waals surface area contributed by atoms with Crippen LogP contribution >= 0.6 is 0 Å². The Hall–Kier alpha value is -0.410. The molecule has 3 heteroatoms. The molecule has 0 radical (unpaired) electrons. The fraction of sp³-hybridized carbons (Fsp3) is 0.909. The number of hydrogen-bond donors (Lipinski definition) is 0. The van der Waals surface area contributed by atoms with E-state index in [4.69, 9.17) is 9.47 Å². The van der Waals surface area contributed by atoms with Gasteiger partial charge in [-0.2, -0.15) is 0 Å². The second kappa shape index (κ2) is 3.99. The summed E-state index contributed by atoms with van der Waals surface area (Å²) in [5.41, 5.74) is 0. The van der Waals surface area contributed by atoms with Crippen LogP contribution in [0.25, 0.3) is 0 Å². The quantitative estimate of drug-likeness (QED) is 0.673. The van der Waals surface area contributed by atoms with Gasteiger partial charge in [0.15, 0.2) is 0 Å². The summed E-state index contributed by atoms with van der Waals surface area (Å²) in [5, 5.41) is 0. The Bertz CT molecular complexity index is 207. The molecule has 0 amide bonds. The van der Waals surface area contributed by atoms with Crippen LogP contribution in [0.15, 0.2) is 0 Å². The number of ketones is 1. The van der Waals surface area contributed by atoms with Crippen molar-refractivity contribution < 1.29 is 14.3 Å². The molecule has 0 heterocycles. The monoisotopic (exact) mass is 198 g/mol. The normalized spacial score (nSPS) is 42.6. The lowest BCUT2D eigenvalue weighted by Gasteiger charge is -2.42. The molecule has 0 aliphatic heterocycles. The minimum atomic E-state index is 0.0870. The summed E-state index contributed by atoms with van der Waals surface area (Å²) in [6, 6.07) is 0. The highest BCUT2D eigenvalue weighted by Gasteiger charge is 2.46. The standard InChI is InChI=1S/C11H18O3/c1-13-9-6-10(14-2)8-5-3-4-7(9)11(8)12/h7-10H,3-6H2,1-2H3/t7-,8+,9-,10+. The number of carbonyl (C=O) groups excluding carboxylic acids is 1. The van der Waals surface area contributed by atoms with Crippen LogP contribution < -0.4 is 0 Å². The van der Waals surface area contributed by atoms with Gasteiger partial charge >= 0.3 is 0 Å². The van der Waals surface area contributed by atoms with E-state index in [1.165, 1.54) is 0 Å². The third kappa shape index (κ3) is 1.48. The van der Waals surface area contributed by atoms with Gasteiger partial charge in [0, 0.05) is 32.5 Å². The zero-order valence-electron chi connectivity index (χ0n) is 8.86. The molecule has 2 fully saturated rings. The van der Waals surface area contributed by atoms with Crippen molar-refractivity contribution in [3.63, 3.8) is 0 Å². The van der Waals surface area contributed by atoms with E-state index in [9.17, 15) is 4.79 Å². The van der Waals surface area contributed by atoms with E-state index in [-0.39, 0.29) is 24.0 Å². The third-order valence-electron chi connectivity index (χ3n) is 3.73. The molecule has 0 aromatic rings. The van der Waals surface area contributed by atoms with Crippen LogP contribution in [0.2, 0.25) is 0 Å². The van der Waals surface area contributed by atoms with E-state index in [2.05, 4.69) is 0 Å². The fourth-order valence-electron chi connectivity index (χ4n) is 2.93. The molecular weight excluding hydrogens is 180 g/mol. The van der Waals surface area contributed by atoms with Crippen LogP contribution in [-0.4, -0.2) is 32.2 Å². The molecule has 2 aliphatic rings. The Morgan fingerprint density at radius 3 is 2.00 bits per heavy atom. The van der Waals surface area contributed by atoms with Crippen molar-refractivity contribution in [3.8, 4) is 0 Å². The van der Waals surface area contributed by atoms with E-state index >= 15 is 0 Å². The highest BCUT2D eigenvalue weighted by molar-refractivity contribution is 5.86. The summed E-state index contributed by atoms with van der Waals surface area (Å²) in [6.45, 7) is 0. The largest absolute Gasteiger partial charge is 0.381 e. The first kappa shape index (κ1) is 10.1. The zero-order chi connectivity index (χ0) is 10.1. The van der Waals surface area contributed by atoms with Crippen molar-refractivity contribution in [2.45, 2.75) is 37.9 Å². The Morgan fingerprint density at radius 1 is 1.07 bits per heavy atom. The molecule has 2 saturated carbocycles. The van der Waals surface area contributed by atoms with Gasteiger partial charge in [0.1, 0.15) is 5.78 Å². The first-order valence-electron chi connectivity index (χ1n) is 5.37. The minimum Gasteiger partial charge on any atom is -0.381 e. The third-order valence-corrected chi connectivity index (χ3v) is 3.73. The highest BCUT2D eigenvalue weighted by atomic mass is 16.5. The number of methoxy groups -OCH3 is 2. The fourth-order valence-corrected chi connectivity index (χ4v) is 2.93. The van der Waals surface area contributed by atoms with Crippen LogP contribution in [0.5, 0.6) is 0 Å². The van der Waals surface area contributed by atoms with E-state index in [0.29, 0.717) is 5.78 Å². The number of hydrogen-bond acceptors (Lipinski definition) is 3. The SMILES string of the molecule is CO[C@H]1C[C@@H](OC)[C@H]2CCC[C@@H]1C2=O. The van der Waals surface area contributed by atoms with E-state index in [1.807, 2.05) is 0 Å². The van der Waals surface area contributed by atoms with Crippen molar-refractivity contribution in [1.82, 2.24) is 0 Å². The first-order valence-corrected chi connectivity index (χ1v) is 5.37. The Balaban J connectivity index is 2.17. The van der Waals surface area contributed by atoms with Crippen molar-refractivity contribution in [2.75, 3.05) is 14.2 Å². The molecule has 0 unspecified atom stereocenters. The second-order valence-electron chi connectivity index (χ2n) is 4.33. The van der Waals surface area contributed by atoms with Crippen molar-refractivity contribution in [3.05, 3.63) is 0 Å². The lowest BCUT2D eigenvalue weighted by Crippen LogP contribution is -2.50.